The Morgan fingerprint density at radius 2 is 1.92 bits per heavy atom. The third-order valence-electron chi connectivity index (χ3n) is 4.71. The van der Waals surface area contributed by atoms with Crippen LogP contribution in [0.15, 0.2) is 48.5 Å². The molecule has 5 heteroatoms. The molecule has 0 saturated heterocycles. The van der Waals surface area contributed by atoms with Crippen LogP contribution >= 0.6 is 0 Å². The maximum Gasteiger partial charge on any atom is 0.252 e. The second kappa shape index (κ2) is 8.15. The summed E-state index contributed by atoms with van der Waals surface area (Å²) in [5, 5.41) is 2.88. The number of anilines is 1. The molecule has 0 spiro atoms. The summed E-state index contributed by atoms with van der Waals surface area (Å²) in [4.78, 5) is 26.2. The number of hydrogen-bond donors (Lipinski definition) is 1. The van der Waals surface area contributed by atoms with Gasteiger partial charge >= 0.3 is 0 Å². The molecule has 1 aliphatic heterocycles. The highest BCUT2D eigenvalue weighted by Crippen LogP contribution is 2.27. The summed E-state index contributed by atoms with van der Waals surface area (Å²) in [6.45, 7) is 2.66. The van der Waals surface area contributed by atoms with Crippen LogP contribution in [-0.2, 0) is 33.7 Å². The summed E-state index contributed by atoms with van der Waals surface area (Å²) in [6, 6.07) is 15.7. The molecule has 0 radical (unpaired) electrons. The van der Waals surface area contributed by atoms with Gasteiger partial charge in [0.15, 0.2) is 0 Å². The van der Waals surface area contributed by atoms with Gasteiger partial charge in [-0.1, -0.05) is 42.5 Å². The van der Waals surface area contributed by atoms with Crippen molar-refractivity contribution in [1.82, 2.24) is 4.90 Å². The van der Waals surface area contributed by atoms with E-state index in [1.54, 1.807) is 7.11 Å². The lowest BCUT2D eigenvalue weighted by Gasteiger charge is -2.32. The van der Waals surface area contributed by atoms with Crippen LogP contribution in [0.2, 0.25) is 0 Å². The van der Waals surface area contributed by atoms with Crippen molar-refractivity contribution < 1.29 is 14.3 Å². The van der Waals surface area contributed by atoms with E-state index in [1.165, 1.54) is 6.92 Å². The molecule has 2 aromatic carbocycles. The molecule has 1 N–H and O–H groups in total. The summed E-state index contributed by atoms with van der Waals surface area (Å²) in [5.41, 5.74) is 4.11. The van der Waals surface area contributed by atoms with Gasteiger partial charge in [0.2, 0.25) is 5.91 Å². The Hall–Kier alpha value is -2.66. The Morgan fingerprint density at radius 1 is 1.15 bits per heavy atom. The van der Waals surface area contributed by atoms with Crippen molar-refractivity contribution in [2.24, 2.45) is 0 Å². The first kappa shape index (κ1) is 18.1. The van der Waals surface area contributed by atoms with E-state index < -0.39 is 6.10 Å². The van der Waals surface area contributed by atoms with E-state index in [2.05, 4.69) is 5.32 Å². The van der Waals surface area contributed by atoms with Crippen molar-refractivity contribution in [1.29, 1.82) is 0 Å². The molecule has 3 rings (SSSR count). The molecule has 0 aliphatic carbocycles. The number of benzene rings is 2. The van der Waals surface area contributed by atoms with Crippen molar-refractivity contribution in [3.63, 3.8) is 0 Å². The third kappa shape index (κ3) is 4.11. The van der Waals surface area contributed by atoms with Gasteiger partial charge in [-0.25, -0.2) is 0 Å². The topological polar surface area (TPSA) is 58.6 Å². The van der Waals surface area contributed by atoms with E-state index in [9.17, 15) is 9.59 Å². The first-order valence-electron chi connectivity index (χ1n) is 8.82. The zero-order valence-corrected chi connectivity index (χ0v) is 15.2. The molecule has 1 aliphatic rings. The van der Waals surface area contributed by atoms with Crippen LogP contribution in [0.1, 0.15) is 23.6 Å². The highest BCUT2D eigenvalue weighted by Gasteiger charge is 2.28. The molecule has 5 nitrogen and oxygen atoms in total. The molecule has 1 unspecified atom stereocenters. The molecule has 136 valence electrons. The fraction of sp³-hybridized carbons (Fsp3) is 0.333. The Morgan fingerprint density at radius 3 is 2.62 bits per heavy atom. The molecule has 1 atom stereocenters. The van der Waals surface area contributed by atoms with Crippen LogP contribution in [0.25, 0.3) is 0 Å². The summed E-state index contributed by atoms with van der Waals surface area (Å²) < 4.78 is 5.49. The average molecular weight is 352 g/mol. The number of nitrogens with one attached hydrogen (secondary N) is 1. The zero-order chi connectivity index (χ0) is 18.5. The van der Waals surface area contributed by atoms with E-state index in [0.29, 0.717) is 19.5 Å². The molecular formula is C21H24N2O3. The highest BCUT2D eigenvalue weighted by molar-refractivity contribution is 5.90. The second-order valence-corrected chi connectivity index (χ2v) is 6.55. The van der Waals surface area contributed by atoms with Crippen LogP contribution in [0.4, 0.5) is 5.69 Å². The number of hydrogen-bond acceptors (Lipinski definition) is 3. The summed E-state index contributed by atoms with van der Waals surface area (Å²) in [7, 11) is 1.58. The van der Waals surface area contributed by atoms with Gasteiger partial charge in [-0.05, 0) is 29.2 Å². The van der Waals surface area contributed by atoms with Gasteiger partial charge in [-0.2, -0.15) is 0 Å². The smallest absolute Gasteiger partial charge is 0.252 e. The monoisotopic (exact) mass is 352 g/mol. The van der Waals surface area contributed by atoms with E-state index in [-0.39, 0.29) is 11.8 Å². The van der Waals surface area contributed by atoms with Crippen molar-refractivity contribution in [2.45, 2.75) is 32.4 Å². The molecule has 2 amide bonds. The number of methoxy groups -OCH3 is 1. The molecule has 2 aromatic rings. The minimum atomic E-state index is -0.488. The number of fused-ring (bicyclic) bond motifs is 1. The quantitative estimate of drug-likeness (QED) is 0.900. The number of carbonyl (C=O) groups excluding carboxylic acids is 2. The molecule has 0 bridgehead atoms. The van der Waals surface area contributed by atoms with E-state index in [1.807, 2.05) is 53.4 Å². The Kier molecular flexibility index (Phi) is 5.68. The Labute approximate surface area is 154 Å². The molecule has 0 aromatic heterocycles. The fourth-order valence-corrected chi connectivity index (χ4v) is 3.41. The van der Waals surface area contributed by atoms with Gasteiger partial charge in [-0.15, -0.1) is 0 Å². The highest BCUT2D eigenvalue weighted by atomic mass is 16.5. The zero-order valence-electron chi connectivity index (χ0n) is 15.2. The molecule has 26 heavy (non-hydrogen) atoms. The lowest BCUT2D eigenvalue weighted by atomic mass is 9.96. The summed E-state index contributed by atoms with van der Waals surface area (Å²) >= 11 is 0. The number of nitrogens with zero attached hydrogens (tertiary/aromatic N) is 1. The first-order valence-corrected chi connectivity index (χ1v) is 8.82. The van der Waals surface area contributed by atoms with Gasteiger partial charge in [0, 0.05) is 39.2 Å². The lowest BCUT2D eigenvalue weighted by Crippen LogP contribution is -2.43. The lowest BCUT2D eigenvalue weighted by molar-refractivity contribution is -0.142. The minimum Gasteiger partial charge on any atom is -0.371 e. The SMILES string of the molecule is COC(Cc1ccccc1)C(=O)N1CCc2c(cccc2NC(C)=O)C1. The third-order valence-corrected chi connectivity index (χ3v) is 4.71. The van der Waals surface area contributed by atoms with Gasteiger partial charge in [0.05, 0.1) is 0 Å². The van der Waals surface area contributed by atoms with Gasteiger partial charge in [-0.3, -0.25) is 9.59 Å². The second-order valence-electron chi connectivity index (χ2n) is 6.55. The van der Waals surface area contributed by atoms with E-state index in [0.717, 1.165) is 28.8 Å². The van der Waals surface area contributed by atoms with Crippen molar-refractivity contribution >= 4 is 17.5 Å². The van der Waals surface area contributed by atoms with Crippen LogP contribution in [-0.4, -0.2) is 36.5 Å². The van der Waals surface area contributed by atoms with Crippen LogP contribution < -0.4 is 5.32 Å². The van der Waals surface area contributed by atoms with Crippen LogP contribution in [0.3, 0.4) is 0 Å². The first-order chi connectivity index (χ1) is 12.6. The van der Waals surface area contributed by atoms with E-state index in [4.69, 9.17) is 4.74 Å². The molecular weight excluding hydrogens is 328 g/mol. The predicted molar refractivity (Wildman–Crippen MR) is 101 cm³/mol. The Balaban J connectivity index is 1.73. The summed E-state index contributed by atoms with van der Waals surface area (Å²) in [6.07, 6.45) is 0.794. The average Bonchev–Trinajstić information content (AvgIpc) is 2.66. The number of ether oxygens (including phenoxy) is 1. The maximum absolute atomic E-state index is 12.9. The number of carbonyl (C=O) groups is 2. The Bertz CT molecular complexity index is 789. The van der Waals surface area contributed by atoms with Crippen molar-refractivity contribution in [3.8, 4) is 0 Å². The number of amides is 2. The standard InChI is InChI=1S/C21H24N2O3/c1-15(24)22-19-10-6-9-17-14-23(12-11-18(17)19)21(25)20(26-2)13-16-7-4-3-5-8-16/h3-10,20H,11-14H2,1-2H3,(H,22,24). The predicted octanol–water partition coefficient (Wildman–Crippen LogP) is 2.79. The maximum atomic E-state index is 12.9. The molecule has 0 fully saturated rings. The van der Waals surface area contributed by atoms with Crippen molar-refractivity contribution in [3.05, 3.63) is 65.2 Å². The van der Waals surface area contributed by atoms with Gasteiger partial charge in [0.1, 0.15) is 6.10 Å². The summed E-state index contributed by atoms with van der Waals surface area (Å²) in [5.74, 6) is -0.0776. The van der Waals surface area contributed by atoms with Gasteiger partial charge in [0.25, 0.3) is 5.91 Å². The van der Waals surface area contributed by atoms with Crippen LogP contribution in [0.5, 0.6) is 0 Å². The van der Waals surface area contributed by atoms with E-state index >= 15 is 0 Å². The largest absolute Gasteiger partial charge is 0.371 e. The molecule has 1 heterocycles. The number of rotatable bonds is 5. The van der Waals surface area contributed by atoms with Crippen molar-refractivity contribution in [2.75, 3.05) is 19.0 Å². The van der Waals surface area contributed by atoms with Gasteiger partial charge < -0.3 is 15.0 Å². The normalized spacial score (nSPS) is 14.5. The fourth-order valence-electron chi connectivity index (χ4n) is 3.41. The molecule has 0 saturated carbocycles. The van der Waals surface area contributed by atoms with Crippen LogP contribution in [0, 0.1) is 0 Å². The minimum absolute atomic E-state index is 0.00642.